The number of rotatable bonds is 6. The van der Waals surface area contributed by atoms with Crippen molar-refractivity contribution in [2.45, 2.75) is 32.9 Å². The van der Waals surface area contributed by atoms with E-state index in [1.165, 1.54) is 5.56 Å². The molecular formula is C14H23ClN2. The number of hydrogen-bond donors (Lipinski definition) is 1. The van der Waals surface area contributed by atoms with Gasteiger partial charge in [-0.25, -0.2) is 0 Å². The Morgan fingerprint density at radius 3 is 2.65 bits per heavy atom. The summed E-state index contributed by atoms with van der Waals surface area (Å²) in [7, 11) is 2.10. The van der Waals surface area contributed by atoms with E-state index in [1.54, 1.807) is 0 Å². The summed E-state index contributed by atoms with van der Waals surface area (Å²) in [6, 6.07) is 8.23. The average molecular weight is 255 g/mol. The van der Waals surface area contributed by atoms with Crippen LogP contribution in [0.15, 0.2) is 24.3 Å². The minimum absolute atomic E-state index is 0.249. The molecule has 2 N–H and O–H groups in total. The summed E-state index contributed by atoms with van der Waals surface area (Å²) in [4.78, 5) is 2.25. The third kappa shape index (κ3) is 6.06. The Hall–Kier alpha value is -0.570. The van der Waals surface area contributed by atoms with Gasteiger partial charge in [-0.05, 0) is 37.1 Å². The van der Waals surface area contributed by atoms with Crippen LogP contribution < -0.4 is 5.73 Å². The number of benzene rings is 1. The Morgan fingerprint density at radius 2 is 2.06 bits per heavy atom. The number of nitrogens with two attached hydrogens (primary N) is 1. The molecule has 1 atom stereocenters. The van der Waals surface area contributed by atoms with Gasteiger partial charge < -0.3 is 10.6 Å². The average Bonchev–Trinajstić information content (AvgIpc) is 2.14. The first-order valence-corrected chi connectivity index (χ1v) is 6.53. The standard InChI is InChI=1S/C14H23ClN2/c1-11(2)7-14(16)10-17(3)9-12-5-4-6-13(15)8-12/h4-6,8,11,14H,7,9-10,16H2,1-3H3. The second-order valence-corrected chi connectivity index (χ2v) is 5.65. The molecule has 0 aliphatic carbocycles. The van der Waals surface area contributed by atoms with Gasteiger partial charge in [-0.3, -0.25) is 0 Å². The van der Waals surface area contributed by atoms with Gasteiger partial charge in [0.05, 0.1) is 0 Å². The second kappa shape index (κ2) is 7.00. The van der Waals surface area contributed by atoms with Crippen molar-refractivity contribution in [1.29, 1.82) is 0 Å². The fraction of sp³-hybridized carbons (Fsp3) is 0.571. The van der Waals surface area contributed by atoms with E-state index in [2.05, 4.69) is 31.9 Å². The van der Waals surface area contributed by atoms with Crippen molar-refractivity contribution in [2.75, 3.05) is 13.6 Å². The predicted octanol–water partition coefficient (Wildman–Crippen LogP) is 3.15. The van der Waals surface area contributed by atoms with Gasteiger partial charge in [-0.1, -0.05) is 37.6 Å². The van der Waals surface area contributed by atoms with Crippen LogP contribution in [-0.2, 0) is 6.54 Å². The van der Waals surface area contributed by atoms with Gasteiger partial charge in [0, 0.05) is 24.2 Å². The molecule has 0 saturated carbocycles. The molecule has 1 aromatic carbocycles. The van der Waals surface area contributed by atoms with Crippen molar-refractivity contribution < 1.29 is 0 Å². The van der Waals surface area contributed by atoms with Crippen LogP contribution in [-0.4, -0.2) is 24.5 Å². The maximum atomic E-state index is 6.09. The van der Waals surface area contributed by atoms with E-state index in [4.69, 9.17) is 17.3 Å². The third-order valence-electron chi connectivity index (χ3n) is 2.66. The first-order chi connectivity index (χ1) is 7.97. The topological polar surface area (TPSA) is 29.3 Å². The van der Waals surface area contributed by atoms with Crippen molar-refractivity contribution in [1.82, 2.24) is 4.90 Å². The zero-order valence-electron chi connectivity index (χ0n) is 11.0. The molecule has 0 amide bonds. The van der Waals surface area contributed by atoms with Crippen LogP contribution in [0.5, 0.6) is 0 Å². The molecule has 96 valence electrons. The van der Waals surface area contributed by atoms with E-state index >= 15 is 0 Å². The van der Waals surface area contributed by atoms with Gasteiger partial charge in [0.15, 0.2) is 0 Å². The molecule has 0 heterocycles. The minimum atomic E-state index is 0.249. The fourth-order valence-electron chi connectivity index (χ4n) is 2.09. The molecule has 0 spiro atoms. The van der Waals surface area contributed by atoms with E-state index in [0.717, 1.165) is 24.5 Å². The number of hydrogen-bond acceptors (Lipinski definition) is 2. The molecule has 3 heteroatoms. The molecule has 1 aromatic rings. The number of halogens is 1. The Labute approximate surface area is 110 Å². The highest BCUT2D eigenvalue weighted by Crippen LogP contribution is 2.12. The van der Waals surface area contributed by atoms with E-state index in [9.17, 15) is 0 Å². The summed E-state index contributed by atoms with van der Waals surface area (Å²) < 4.78 is 0. The van der Waals surface area contributed by atoms with Gasteiger partial charge in [0.1, 0.15) is 0 Å². The van der Waals surface area contributed by atoms with E-state index in [-0.39, 0.29) is 6.04 Å². The molecule has 0 radical (unpaired) electrons. The smallest absolute Gasteiger partial charge is 0.0409 e. The van der Waals surface area contributed by atoms with Crippen LogP contribution >= 0.6 is 11.6 Å². The predicted molar refractivity (Wildman–Crippen MR) is 75.2 cm³/mol. The van der Waals surface area contributed by atoms with Crippen molar-refractivity contribution in [3.05, 3.63) is 34.9 Å². The van der Waals surface area contributed by atoms with Crippen LogP contribution in [0.2, 0.25) is 5.02 Å². The Morgan fingerprint density at radius 1 is 1.35 bits per heavy atom. The molecule has 0 fully saturated rings. The van der Waals surface area contributed by atoms with Gasteiger partial charge in [-0.2, -0.15) is 0 Å². The summed E-state index contributed by atoms with van der Waals surface area (Å²) in [5.41, 5.74) is 7.32. The van der Waals surface area contributed by atoms with Crippen LogP contribution in [0.25, 0.3) is 0 Å². The van der Waals surface area contributed by atoms with E-state index in [0.29, 0.717) is 5.92 Å². The van der Waals surface area contributed by atoms with Gasteiger partial charge >= 0.3 is 0 Å². The molecule has 0 aliphatic heterocycles. The highest BCUT2D eigenvalue weighted by molar-refractivity contribution is 6.30. The fourth-order valence-corrected chi connectivity index (χ4v) is 2.30. The Balaban J connectivity index is 2.41. The van der Waals surface area contributed by atoms with Gasteiger partial charge in [-0.15, -0.1) is 0 Å². The summed E-state index contributed by atoms with van der Waals surface area (Å²) >= 11 is 5.96. The minimum Gasteiger partial charge on any atom is -0.327 e. The van der Waals surface area contributed by atoms with Gasteiger partial charge in [0.25, 0.3) is 0 Å². The molecule has 0 saturated heterocycles. The van der Waals surface area contributed by atoms with Crippen molar-refractivity contribution in [3.8, 4) is 0 Å². The van der Waals surface area contributed by atoms with Crippen molar-refractivity contribution in [3.63, 3.8) is 0 Å². The van der Waals surface area contributed by atoms with Crippen molar-refractivity contribution >= 4 is 11.6 Å². The van der Waals surface area contributed by atoms with Crippen molar-refractivity contribution in [2.24, 2.45) is 11.7 Å². The quantitative estimate of drug-likeness (QED) is 0.845. The lowest BCUT2D eigenvalue weighted by molar-refractivity contribution is 0.287. The lowest BCUT2D eigenvalue weighted by Gasteiger charge is -2.22. The molecule has 0 bridgehead atoms. The lowest BCUT2D eigenvalue weighted by atomic mass is 10.0. The van der Waals surface area contributed by atoms with Crippen LogP contribution in [0.1, 0.15) is 25.8 Å². The number of nitrogens with zero attached hydrogens (tertiary/aromatic N) is 1. The summed E-state index contributed by atoms with van der Waals surface area (Å²) in [6.07, 6.45) is 1.07. The third-order valence-corrected chi connectivity index (χ3v) is 2.90. The molecule has 2 nitrogen and oxygen atoms in total. The highest BCUT2D eigenvalue weighted by atomic mass is 35.5. The molecule has 1 unspecified atom stereocenters. The molecule has 0 aliphatic rings. The monoisotopic (exact) mass is 254 g/mol. The first kappa shape index (κ1) is 14.5. The van der Waals surface area contributed by atoms with Crippen LogP contribution in [0.3, 0.4) is 0 Å². The molecule has 17 heavy (non-hydrogen) atoms. The Kier molecular flexibility index (Phi) is 5.96. The summed E-state index contributed by atoms with van der Waals surface area (Å²) in [6.45, 7) is 6.23. The molecule has 1 rings (SSSR count). The zero-order valence-corrected chi connectivity index (χ0v) is 11.7. The SMILES string of the molecule is CC(C)CC(N)CN(C)Cc1cccc(Cl)c1. The highest BCUT2D eigenvalue weighted by Gasteiger charge is 2.09. The van der Waals surface area contributed by atoms with Gasteiger partial charge in [0.2, 0.25) is 0 Å². The largest absolute Gasteiger partial charge is 0.327 e. The number of likely N-dealkylation sites (N-methyl/N-ethyl adjacent to an activating group) is 1. The summed E-state index contributed by atoms with van der Waals surface area (Å²) in [5, 5.41) is 0.794. The molecular weight excluding hydrogens is 232 g/mol. The van der Waals surface area contributed by atoms with E-state index in [1.807, 2.05) is 18.2 Å². The van der Waals surface area contributed by atoms with Crippen LogP contribution in [0.4, 0.5) is 0 Å². The molecule has 0 aromatic heterocycles. The lowest BCUT2D eigenvalue weighted by Crippen LogP contribution is -2.35. The maximum Gasteiger partial charge on any atom is 0.0409 e. The van der Waals surface area contributed by atoms with Crippen LogP contribution in [0, 0.1) is 5.92 Å². The van der Waals surface area contributed by atoms with E-state index < -0.39 is 0 Å². The Bertz CT molecular complexity index is 339. The normalized spacial score (nSPS) is 13.4. The summed E-state index contributed by atoms with van der Waals surface area (Å²) in [5.74, 6) is 0.657. The zero-order chi connectivity index (χ0) is 12.8. The maximum absolute atomic E-state index is 6.09. The first-order valence-electron chi connectivity index (χ1n) is 6.16. The second-order valence-electron chi connectivity index (χ2n) is 5.22.